The van der Waals surface area contributed by atoms with E-state index in [0.29, 0.717) is 38.1 Å². The molecule has 3 heterocycles. The van der Waals surface area contributed by atoms with E-state index in [4.69, 9.17) is 16.3 Å². The molecule has 1 N–H and O–H groups in total. The van der Waals surface area contributed by atoms with Crippen LogP contribution in [0.25, 0.3) is 5.82 Å². The zero-order chi connectivity index (χ0) is 25.3. The van der Waals surface area contributed by atoms with Crippen molar-refractivity contribution in [1.82, 2.24) is 24.8 Å². The summed E-state index contributed by atoms with van der Waals surface area (Å²) < 4.78 is 7.53. The highest BCUT2D eigenvalue weighted by Gasteiger charge is 2.34. The van der Waals surface area contributed by atoms with Crippen LogP contribution in [0.15, 0.2) is 50.1 Å². The molecule has 0 bridgehead atoms. The fourth-order valence-electron chi connectivity index (χ4n) is 3.51. The molecular weight excluding hydrogens is 675 g/mol. The molecule has 10 nitrogen and oxygen atoms in total. The van der Waals surface area contributed by atoms with Crippen molar-refractivity contribution in [3.05, 3.63) is 66.4 Å². The van der Waals surface area contributed by atoms with Crippen LogP contribution in [-0.4, -0.2) is 62.9 Å². The predicted octanol–water partition coefficient (Wildman–Crippen LogP) is 5.29. The summed E-state index contributed by atoms with van der Waals surface area (Å²) in [4.78, 5) is 43.2. The number of amides is 3. The van der Waals surface area contributed by atoms with Crippen molar-refractivity contribution >= 4 is 83.0 Å². The highest BCUT2D eigenvalue weighted by molar-refractivity contribution is 9.11. The number of halogens is 4. The Balaban J connectivity index is 1.71. The summed E-state index contributed by atoms with van der Waals surface area (Å²) in [5.41, 5.74) is 0.510. The van der Waals surface area contributed by atoms with E-state index in [9.17, 15) is 14.4 Å². The second-order valence-electron chi connectivity index (χ2n) is 7.21. The molecule has 1 aromatic carbocycles. The highest BCUT2D eigenvalue weighted by Crippen LogP contribution is 2.33. The largest absolute Gasteiger partial charge is 0.452 e. The third kappa shape index (κ3) is 5.22. The molecule has 2 aromatic heterocycles. The summed E-state index contributed by atoms with van der Waals surface area (Å²) >= 11 is 16.4. The van der Waals surface area contributed by atoms with Gasteiger partial charge in [-0.25, -0.2) is 24.5 Å². The molecule has 0 saturated carbocycles. The Morgan fingerprint density at radius 1 is 1.11 bits per heavy atom. The number of hydrogen-bond acceptors (Lipinski definition) is 6. The summed E-state index contributed by atoms with van der Waals surface area (Å²) in [6.07, 6.45) is 1.48. The Labute approximate surface area is 229 Å². The molecule has 35 heavy (non-hydrogen) atoms. The Morgan fingerprint density at radius 2 is 1.86 bits per heavy atom. The van der Waals surface area contributed by atoms with E-state index in [0.717, 1.165) is 0 Å². The molecule has 182 valence electrons. The third-order valence-electron chi connectivity index (χ3n) is 5.03. The van der Waals surface area contributed by atoms with Crippen molar-refractivity contribution in [2.45, 2.75) is 6.42 Å². The number of rotatable bonds is 4. The number of carbonyl (C=O) groups excluding carboxylic acids is 3. The first kappa shape index (κ1) is 25.6. The lowest BCUT2D eigenvalue weighted by Crippen LogP contribution is -2.45. The van der Waals surface area contributed by atoms with Crippen LogP contribution in [0.4, 0.5) is 10.5 Å². The number of aromatic nitrogens is 3. The van der Waals surface area contributed by atoms with Gasteiger partial charge in [-0.1, -0.05) is 27.5 Å². The van der Waals surface area contributed by atoms with Crippen molar-refractivity contribution in [3.63, 3.8) is 0 Å². The number of hydrogen-bond donors (Lipinski definition) is 1. The van der Waals surface area contributed by atoms with Gasteiger partial charge in [0.2, 0.25) is 0 Å². The molecule has 1 fully saturated rings. The van der Waals surface area contributed by atoms with Crippen LogP contribution in [0.5, 0.6) is 0 Å². The zero-order valence-electron chi connectivity index (χ0n) is 18.0. The zero-order valence-corrected chi connectivity index (χ0v) is 23.5. The molecule has 1 aliphatic rings. The summed E-state index contributed by atoms with van der Waals surface area (Å²) in [7, 11) is 1.25. The van der Waals surface area contributed by atoms with Gasteiger partial charge in [-0.2, -0.15) is 5.10 Å². The normalized spacial score (nSPS) is 13.2. The first-order chi connectivity index (χ1) is 16.7. The fourth-order valence-corrected chi connectivity index (χ4v) is 5.41. The van der Waals surface area contributed by atoms with E-state index < -0.39 is 17.9 Å². The van der Waals surface area contributed by atoms with Crippen molar-refractivity contribution in [3.8, 4) is 5.82 Å². The van der Waals surface area contributed by atoms with Crippen LogP contribution in [0.1, 0.15) is 27.3 Å². The van der Waals surface area contributed by atoms with Crippen LogP contribution in [0, 0.1) is 0 Å². The topological polar surface area (TPSA) is 110 Å². The van der Waals surface area contributed by atoms with Gasteiger partial charge in [0.1, 0.15) is 10.3 Å². The minimum Gasteiger partial charge on any atom is -0.452 e. The van der Waals surface area contributed by atoms with E-state index in [1.165, 1.54) is 34.1 Å². The monoisotopic (exact) mass is 688 g/mol. The number of pyridine rings is 1. The van der Waals surface area contributed by atoms with E-state index in [-0.39, 0.29) is 22.8 Å². The third-order valence-corrected chi connectivity index (χ3v) is 6.79. The number of methoxy groups -OCH3 is 1. The molecule has 0 aliphatic carbocycles. The van der Waals surface area contributed by atoms with Gasteiger partial charge in [0.15, 0.2) is 5.82 Å². The van der Waals surface area contributed by atoms with Gasteiger partial charge >= 0.3 is 6.09 Å². The minimum absolute atomic E-state index is 0.128. The van der Waals surface area contributed by atoms with Crippen LogP contribution in [0.3, 0.4) is 0 Å². The Morgan fingerprint density at radius 3 is 2.57 bits per heavy atom. The molecule has 1 aliphatic heterocycles. The summed E-state index contributed by atoms with van der Waals surface area (Å²) in [6.45, 7) is 0.663. The van der Waals surface area contributed by atoms with Gasteiger partial charge in [0.25, 0.3) is 11.8 Å². The number of benzene rings is 1. The quantitative estimate of drug-likeness (QED) is 0.399. The van der Waals surface area contributed by atoms with Crippen molar-refractivity contribution < 1.29 is 19.1 Å². The summed E-state index contributed by atoms with van der Waals surface area (Å²) in [5.74, 6) is -0.775. The van der Waals surface area contributed by atoms with Crippen LogP contribution >= 0.6 is 59.4 Å². The van der Waals surface area contributed by atoms with E-state index in [2.05, 4.69) is 63.2 Å². The molecule has 1 saturated heterocycles. The average molecular weight is 692 g/mol. The molecule has 4 rings (SSSR count). The Hall–Kier alpha value is -2.48. The number of nitrogens with one attached hydrogen (secondary N) is 1. The van der Waals surface area contributed by atoms with Gasteiger partial charge in [0.05, 0.1) is 23.4 Å². The number of ether oxygens (including phenoxy) is 1. The summed E-state index contributed by atoms with van der Waals surface area (Å²) in [6, 6.07) is 8.06. The van der Waals surface area contributed by atoms with Crippen LogP contribution in [-0.2, 0) is 4.74 Å². The van der Waals surface area contributed by atoms with Gasteiger partial charge in [-0.05, 0) is 62.5 Å². The SMILES string of the molecule is COC(=O)N1CCCN1C(=O)c1cc(Br)cc(Br)c1NC(=O)c1cc(Br)nn1-c1ncccc1Cl. The number of nitrogens with zero attached hydrogens (tertiary/aromatic N) is 5. The number of carbonyl (C=O) groups is 3. The van der Waals surface area contributed by atoms with Gasteiger partial charge < -0.3 is 10.1 Å². The smallest absolute Gasteiger partial charge is 0.428 e. The lowest BCUT2D eigenvalue weighted by atomic mass is 10.1. The standard InChI is InChI=1S/C21H16Br3ClN6O4/c1-35-21(34)30-7-3-6-29(30)20(33)12-8-11(22)9-13(23)17(12)27-19(32)15-10-16(24)28-31(15)18-14(25)4-2-5-26-18/h2,4-5,8-10H,3,6-7H2,1H3,(H,27,32). The van der Waals surface area contributed by atoms with Gasteiger partial charge in [0, 0.05) is 34.3 Å². The average Bonchev–Trinajstić information content (AvgIpc) is 3.47. The minimum atomic E-state index is -0.642. The van der Waals surface area contributed by atoms with Crippen molar-refractivity contribution in [1.29, 1.82) is 0 Å². The van der Waals surface area contributed by atoms with E-state index in [1.807, 2.05) is 0 Å². The maximum Gasteiger partial charge on any atom is 0.428 e. The lowest BCUT2D eigenvalue weighted by molar-refractivity contribution is 0.0193. The molecule has 0 radical (unpaired) electrons. The lowest BCUT2D eigenvalue weighted by Gasteiger charge is -2.27. The highest BCUT2D eigenvalue weighted by atomic mass is 79.9. The van der Waals surface area contributed by atoms with Crippen molar-refractivity contribution in [2.75, 3.05) is 25.5 Å². The predicted molar refractivity (Wildman–Crippen MR) is 139 cm³/mol. The fraction of sp³-hybridized carbons (Fsp3) is 0.190. The molecular formula is C21H16Br3ClN6O4. The maximum absolute atomic E-state index is 13.5. The number of anilines is 1. The van der Waals surface area contributed by atoms with Gasteiger partial charge in [-0.15, -0.1) is 0 Å². The second kappa shape index (κ2) is 10.6. The van der Waals surface area contributed by atoms with Crippen molar-refractivity contribution in [2.24, 2.45) is 0 Å². The van der Waals surface area contributed by atoms with Gasteiger partial charge in [-0.3, -0.25) is 9.59 Å². The molecule has 0 atom stereocenters. The molecule has 14 heteroatoms. The molecule has 0 spiro atoms. The first-order valence-electron chi connectivity index (χ1n) is 10.1. The van der Waals surface area contributed by atoms with Crippen LogP contribution in [0.2, 0.25) is 5.02 Å². The van der Waals surface area contributed by atoms with Crippen LogP contribution < -0.4 is 5.32 Å². The maximum atomic E-state index is 13.5. The second-order valence-corrected chi connectivity index (χ2v) is 10.2. The molecule has 0 unspecified atom stereocenters. The Bertz CT molecular complexity index is 1330. The first-order valence-corrected chi connectivity index (χ1v) is 12.8. The van der Waals surface area contributed by atoms with E-state index >= 15 is 0 Å². The Kier molecular flexibility index (Phi) is 7.79. The molecule has 3 amide bonds. The molecule has 3 aromatic rings. The number of hydrazine groups is 1. The summed E-state index contributed by atoms with van der Waals surface area (Å²) in [5, 5.41) is 9.89. The van der Waals surface area contributed by atoms with E-state index in [1.54, 1.807) is 24.3 Å².